The van der Waals surface area contributed by atoms with Crippen LogP contribution in [0.15, 0.2) is 4.34 Å². The van der Waals surface area contributed by atoms with Crippen LogP contribution in [0, 0.1) is 6.92 Å². The molecule has 2 aliphatic rings. The lowest BCUT2D eigenvalue weighted by Crippen LogP contribution is -2.53. The molecule has 1 aromatic heterocycles. The van der Waals surface area contributed by atoms with Crippen LogP contribution in [-0.4, -0.2) is 77.0 Å². The average Bonchev–Trinajstić information content (AvgIpc) is 2.99. The Morgan fingerprint density at radius 2 is 2.08 bits per heavy atom. The van der Waals surface area contributed by atoms with Crippen LogP contribution in [0.2, 0.25) is 0 Å². The van der Waals surface area contributed by atoms with Crippen molar-refractivity contribution in [2.24, 2.45) is 0 Å². The molecule has 1 amide bonds. The summed E-state index contributed by atoms with van der Waals surface area (Å²) in [5.41, 5.74) is 0. The fourth-order valence-electron chi connectivity index (χ4n) is 3.55. The lowest BCUT2D eigenvalue weighted by atomic mass is 9.98. The van der Waals surface area contributed by atoms with E-state index >= 15 is 0 Å². The number of nitrogens with zero attached hydrogens (tertiary/aromatic N) is 4. The van der Waals surface area contributed by atoms with E-state index in [1.165, 1.54) is 50.7 Å². The molecule has 8 heteroatoms. The van der Waals surface area contributed by atoms with Gasteiger partial charge in [-0.2, -0.15) is 0 Å². The summed E-state index contributed by atoms with van der Waals surface area (Å²) in [6, 6.07) is 0.988. The van der Waals surface area contributed by atoms with Gasteiger partial charge in [0.15, 0.2) is 4.34 Å². The lowest BCUT2D eigenvalue weighted by molar-refractivity contribution is -0.119. The predicted molar refractivity (Wildman–Crippen MR) is 98.6 cm³/mol. The number of thioether (sulfide) groups is 1. The standard InChI is InChI=1S/C16H27N5OS2/c1-12-18-19-16(24-12)23-11-15(22)17-13-4-3-7-21(10-13)14-5-8-20(2)9-6-14/h13-14H,3-11H2,1-2H3,(H,17,22). The second-order valence-electron chi connectivity index (χ2n) is 6.81. The van der Waals surface area contributed by atoms with Crippen molar-refractivity contribution in [2.45, 2.75) is 49.0 Å². The minimum Gasteiger partial charge on any atom is -0.351 e. The van der Waals surface area contributed by atoms with Crippen molar-refractivity contribution in [3.8, 4) is 0 Å². The van der Waals surface area contributed by atoms with Crippen LogP contribution >= 0.6 is 23.1 Å². The zero-order chi connectivity index (χ0) is 16.9. The Morgan fingerprint density at radius 1 is 1.29 bits per heavy atom. The average molecular weight is 370 g/mol. The highest BCUT2D eigenvalue weighted by atomic mass is 32.2. The minimum atomic E-state index is 0.114. The number of carbonyl (C=O) groups excluding carboxylic acids is 1. The van der Waals surface area contributed by atoms with Crippen molar-refractivity contribution < 1.29 is 4.79 Å². The summed E-state index contributed by atoms with van der Waals surface area (Å²) in [5, 5.41) is 12.2. The molecule has 2 saturated heterocycles. The van der Waals surface area contributed by atoms with Crippen LogP contribution in [-0.2, 0) is 4.79 Å². The van der Waals surface area contributed by atoms with E-state index in [-0.39, 0.29) is 5.91 Å². The minimum absolute atomic E-state index is 0.114. The van der Waals surface area contributed by atoms with Gasteiger partial charge in [-0.25, -0.2) is 0 Å². The third-order valence-electron chi connectivity index (χ3n) is 4.86. The maximum atomic E-state index is 12.2. The number of carbonyl (C=O) groups is 1. The second-order valence-corrected chi connectivity index (χ2v) is 9.22. The van der Waals surface area contributed by atoms with E-state index in [9.17, 15) is 4.79 Å². The molecule has 0 bridgehead atoms. The first kappa shape index (κ1) is 18.1. The molecule has 1 N–H and O–H groups in total. The summed E-state index contributed by atoms with van der Waals surface area (Å²) in [4.78, 5) is 17.2. The van der Waals surface area contributed by atoms with E-state index in [4.69, 9.17) is 0 Å². The van der Waals surface area contributed by atoms with Gasteiger partial charge in [-0.1, -0.05) is 23.1 Å². The van der Waals surface area contributed by atoms with Crippen molar-refractivity contribution in [1.82, 2.24) is 25.3 Å². The van der Waals surface area contributed by atoms with Gasteiger partial charge in [0.1, 0.15) is 5.01 Å². The molecule has 0 aliphatic carbocycles. The van der Waals surface area contributed by atoms with E-state index in [2.05, 4.69) is 32.4 Å². The van der Waals surface area contributed by atoms with E-state index in [1.807, 2.05) is 6.92 Å². The number of rotatable bonds is 5. The van der Waals surface area contributed by atoms with Gasteiger partial charge in [0.05, 0.1) is 5.75 Å². The maximum Gasteiger partial charge on any atom is 0.230 e. The van der Waals surface area contributed by atoms with Crippen molar-refractivity contribution in [2.75, 3.05) is 39.0 Å². The zero-order valence-corrected chi connectivity index (χ0v) is 16.2. The first-order chi connectivity index (χ1) is 11.6. The second kappa shape index (κ2) is 8.60. The third-order valence-corrected chi connectivity index (χ3v) is 6.83. The Bertz CT molecular complexity index is 544. The first-order valence-corrected chi connectivity index (χ1v) is 10.6. The highest BCUT2D eigenvalue weighted by molar-refractivity contribution is 8.01. The van der Waals surface area contributed by atoms with Gasteiger partial charge in [-0.3, -0.25) is 9.69 Å². The summed E-state index contributed by atoms with van der Waals surface area (Å²) >= 11 is 3.02. The SMILES string of the molecule is Cc1nnc(SCC(=O)NC2CCCN(C3CCN(C)CC3)C2)s1. The third kappa shape index (κ3) is 5.15. The Hall–Kier alpha value is -0.700. The molecule has 0 radical (unpaired) electrons. The Labute approximate surface area is 152 Å². The van der Waals surface area contributed by atoms with E-state index in [1.54, 1.807) is 11.3 Å². The maximum absolute atomic E-state index is 12.2. The molecule has 1 atom stereocenters. The lowest BCUT2D eigenvalue weighted by Gasteiger charge is -2.41. The van der Waals surface area contributed by atoms with Crippen LogP contribution in [0.25, 0.3) is 0 Å². The van der Waals surface area contributed by atoms with E-state index < -0.39 is 0 Å². The molecule has 0 aromatic carbocycles. The number of hydrogen-bond donors (Lipinski definition) is 1. The van der Waals surface area contributed by atoms with Gasteiger partial charge in [0, 0.05) is 18.6 Å². The van der Waals surface area contributed by atoms with Crippen LogP contribution in [0.1, 0.15) is 30.7 Å². The highest BCUT2D eigenvalue weighted by Gasteiger charge is 2.28. The largest absolute Gasteiger partial charge is 0.351 e. The molecule has 134 valence electrons. The molecule has 2 aliphatic heterocycles. The van der Waals surface area contributed by atoms with Crippen molar-refractivity contribution >= 4 is 29.0 Å². The molecule has 0 spiro atoms. The first-order valence-electron chi connectivity index (χ1n) is 8.75. The smallest absolute Gasteiger partial charge is 0.230 e. The summed E-state index contributed by atoms with van der Waals surface area (Å²) in [6.45, 7) is 6.50. The fraction of sp³-hybridized carbons (Fsp3) is 0.812. The molecule has 2 fully saturated rings. The number of amides is 1. The van der Waals surface area contributed by atoms with Crippen LogP contribution in [0.4, 0.5) is 0 Å². The van der Waals surface area contributed by atoms with Crippen molar-refractivity contribution in [3.05, 3.63) is 5.01 Å². The Morgan fingerprint density at radius 3 is 2.79 bits per heavy atom. The van der Waals surface area contributed by atoms with Crippen LogP contribution in [0.5, 0.6) is 0 Å². The Balaban J connectivity index is 1.42. The molecule has 1 unspecified atom stereocenters. The fourth-order valence-corrected chi connectivity index (χ4v) is 5.18. The van der Waals surface area contributed by atoms with Crippen LogP contribution in [0.3, 0.4) is 0 Å². The predicted octanol–water partition coefficient (Wildman–Crippen LogP) is 1.61. The highest BCUT2D eigenvalue weighted by Crippen LogP contribution is 2.22. The molecule has 1 aromatic rings. The van der Waals surface area contributed by atoms with E-state index in [0.29, 0.717) is 17.8 Å². The number of piperidine rings is 2. The molecule has 24 heavy (non-hydrogen) atoms. The summed E-state index contributed by atoms with van der Waals surface area (Å²) < 4.78 is 0.874. The van der Waals surface area contributed by atoms with Gasteiger partial charge >= 0.3 is 0 Å². The monoisotopic (exact) mass is 369 g/mol. The van der Waals surface area contributed by atoms with E-state index in [0.717, 1.165) is 22.3 Å². The molecular formula is C16H27N5OS2. The Kier molecular flexibility index (Phi) is 6.49. The quantitative estimate of drug-likeness (QED) is 0.796. The number of aryl methyl sites for hydroxylation is 1. The molecule has 0 saturated carbocycles. The zero-order valence-electron chi connectivity index (χ0n) is 14.5. The normalized spacial score (nSPS) is 24.2. The number of nitrogens with one attached hydrogen (secondary N) is 1. The molecule has 3 heterocycles. The summed E-state index contributed by atoms with van der Waals surface area (Å²) in [6.07, 6.45) is 4.78. The van der Waals surface area contributed by atoms with Gasteiger partial charge < -0.3 is 10.2 Å². The number of aromatic nitrogens is 2. The molecule has 3 rings (SSSR count). The van der Waals surface area contributed by atoms with Gasteiger partial charge in [-0.05, 0) is 59.3 Å². The van der Waals surface area contributed by atoms with Gasteiger partial charge in [0.2, 0.25) is 5.91 Å². The summed E-state index contributed by atoms with van der Waals surface area (Å²) in [7, 11) is 2.20. The molecular weight excluding hydrogens is 342 g/mol. The summed E-state index contributed by atoms with van der Waals surface area (Å²) in [5.74, 6) is 0.544. The van der Waals surface area contributed by atoms with Crippen LogP contribution < -0.4 is 5.32 Å². The van der Waals surface area contributed by atoms with Crippen molar-refractivity contribution in [1.29, 1.82) is 0 Å². The van der Waals surface area contributed by atoms with Gasteiger partial charge in [-0.15, -0.1) is 10.2 Å². The van der Waals surface area contributed by atoms with Crippen molar-refractivity contribution in [3.63, 3.8) is 0 Å². The van der Waals surface area contributed by atoms with Gasteiger partial charge in [0.25, 0.3) is 0 Å². The topological polar surface area (TPSA) is 61.4 Å². The number of hydrogen-bond acceptors (Lipinski definition) is 7. The molecule has 6 nitrogen and oxygen atoms in total. The number of likely N-dealkylation sites (tertiary alicyclic amines) is 2.